The van der Waals surface area contributed by atoms with Crippen LogP contribution in [0.1, 0.15) is 13.3 Å². The number of anilines is 1. The number of nitrogens with one attached hydrogen (secondary N) is 1. The lowest BCUT2D eigenvalue weighted by Gasteiger charge is -2.09. The van der Waals surface area contributed by atoms with Crippen LogP contribution < -0.4 is 15.1 Å². The van der Waals surface area contributed by atoms with Crippen LogP contribution in [0.5, 0.6) is 0 Å². The van der Waals surface area contributed by atoms with Gasteiger partial charge in [0.15, 0.2) is 5.52 Å². The summed E-state index contributed by atoms with van der Waals surface area (Å²) in [5, 5.41) is 27.0. The van der Waals surface area contributed by atoms with E-state index >= 15 is 0 Å². The van der Waals surface area contributed by atoms with Crippen molar-refractivity contribution in [2.45, 2.75) is 13.3 Å². The molecule has 0 unspecified atom stereocenters. The Kier molecular flexibility index (Phi) is 3.65. The first kappa shape index (κ1) is 13.3. The minimum Gasteiger partial charge on any atom is -0.739 e. The molecule has 0 amide bonds. The first-order valence-corrected chi connectivity index (χ1v) is 6.10. The van der Waals surface area contributed by atoms with Crippen LogP contribution in [0, 0.1) is 10.4 Å². The van der Waals surface area contributed by atoms with Gasteiger partial charge in [-0.25, -0.2) is 9.52 Å². The minimum absolute atomic E-state index is 0.0942. The van der Waals surface area contributed by atoms with Crippen LogP contribution in [0.4, 0.5) is 5.95 Å². The predicted molar refractivity (Wildman–Crippen MR) is 67.4 cm³/mol. The van der Waals surface area contributed by atoms with Crippen LogP contribution in [-0.2, 0) is 9.63 Å². The van der Waals surface area contributed by atoms with E-state index in [0.717, 1.165) is 0 Å². The minimum atomic E-state index is -0.574. The molecule has 8 nitrogen and oxygen atoms in total. The number of fused-ring (bicyclic) bond motifs is 1. The predicted octanol–water partition coefficient (Wildman–Crippen LogP) is 0.544. The molecule has 1 heterocycles. The van der Waals surface area contributed by atoms with Crippen molar-refractivity contribution in [2.24, 2.45) is 0 Å². The highest BCUT2D eigenvalue weighted by atomic mass is 79.9. The first-order valence-electron chi connectivity index (χ1n) is 5.31. The zero-order valence-corrected chi connectivity index (χ0v) is 11.4. The van der Waals surface area contributed by atoms with Crippen molar-refractivity contribution in [2.75, 3.05) is 5.48 Å². The van der Waals surface area contributed by atoms with Gasteiger partial charge in [-0.1, -0.05) is 28.3 Å². The number of hydrogen-bond acceptors (Lipinski definition) is 6. The van der Waals surface area contributed by atoms with E-state index < -0.39 is 11.9 Å². The molecule has 0 bridgehead atoms. The molecular weight excluding hydrogens is 320 g/mol. The number of carbonyl (C=O) groups is 1. The third-order valence-corrected chi connectivity index (χ3v) is 2.78. The number of nitrogens with zero attached hydrogens (tertiary/aromatic N) is 3. The largest absolute Gasteiger partial charge is 0.739 e. The summed E-state index contributed by atoms with van der Waals surface area (Å²) in [5.41, 5.74) is 2.26. The van der Waals surface area contributed by atoms with Crippen molar-refractivity contribution in [3.8, 4) is 0 Å². The Hall–Kier alpha value is -2.16. The van der Waals surface area contributed by atoms with Crippen molar-refractivity contribution in [1.82, 2.24) is 5.10 Å². The Balaban J connectivity index is 2.44. The second kappa shape index (κ2) is 5.22. The maximum Gasteiger partial charge on any atom is 0.497 e. The van der Waals surface area contributed by atoms with E-state index in [1.165, 1.54) is 12.1 Å². The summed E-state index contributed by atoms with van der Waals surface area (Å²) in [4.78, 5) is 15.8. The Morgan fingerprint density at radius 1 is 1.47 bits per heavy atom. The SMILES string of the molecule is CCC(=O)ONc1n[n+]([O-])c2cc(Br)ccc2[n+]1[O-]. The van der Waals surface area contributed by atoms with Crippen molar-refractivity contribution in [3.05, 3.63) is 33.1 Å². The molecule has 0 saturated carbocycles. The molecule has 1 aromatic heterocycles. The fourth-order valence-corrected chi connectivity index (χ4v) is 1.70. The molecule has 19 heavy (non-hydrogen) atoms. The van der Waals surface area contributed by atoms with Crippen molar-refractivity contribution < 1.29 is 19.2 Å². The summed E-state index contributed by atoms with van der Waals surface area (Å²) in [6.45, 7) is 1.59. The van der Waals surface area contributed by atoms with E-state index in [-0.39, 0.29) is 22.3 Å². The molecule has 0 aliphatic rings. The first-order chi connectivity index (χ1) is 9.02. The molecule has 1 aromatic carbocycles. The van der Waals surface area contributed by atoms with Gasteiger partial charge < -0.3 is 10.4 Å². The van der Waals surface area contributed by atoms with Gasteiger partial charge in [0.05, 0.1) is 0 Å². The van der Waals surface area contributed by atoms with Crippen LogP contribution in [0.25, 0.3) is 11.0 Å². The number of carbonyl (C=O) groups excluding carboxylic acids is 1. The molecule has 0 atom stereocenters. The second-order valence-corrected chi connectivity index (χ2v) is 4.47. The van der Waals surface area contributed by atoms with Crippen LogP contribution in [-0.4, -0.2) is 11.1 Å². The van der Waals surface area contributed by atoms with E-state index in [1.807, 2.05) is 0 Å². The summed E-state index contributed by atoms with van der Waals surface area (Å²) in [7, 11) is 0. The van der Waals surface area contributed by atoms with Gasteiger partial charge >= 0.3 is 17.4 Å². The van der Waals surface area contributed by atoms with Crippen LogP contribution in [0.15, 0.2) is 22.7 Å². The van der Waals surface area contributed by atoms with Gasteiger partial charge in [0.2, 0.25) is 5.10 Å². The number of benzene rings is 1. The van der Waals surface area contributed by atoms with Gasteiger partial charge in [0.1, 0.15) is 0 Å². The summed E-state index contributed by atoms with van der Waals surface area (Å²) >= 11 is 3.19. The second-order valence-electron chi connectivity index (χ2n) is 3.55. The fourth-order valence-electron chi connectivity index (χ4n) is 1.35. The normalized spacial score (nSPS) is 10.4. The van der Waals surface area contributed by atoms with Crippen molar-refractivity contribution in [1.29, 1.82) is 0 Å². The molecule has 1 N–H and O–H groups in total. The standard InChI is InChI=1S/C10H9BrN4O4/c1-2-9(16)19-13-10-12-15(18)8-5-6(11)3-4-7(8)14(10)17/h3-5H,2H2,1H3,(H,12,13). The average molecular weight is 329 g/mol. The van der Waals surface area contributed by atoms with Crippen molar-refractivity contribution in [3.63, 3.8) is 0 Å². The number of halogens is 1. The van der Waals surface area contributed by atoms with Gasteiger partial charge in [-0.3, -0.25) is 4.84 Å². The highest BCUT2D eigenvalue weighted by Crippen LogP contribution is 2.14. The molecule has 2 aromatic rings. The summed E-state index contributed by atoms with van der Waals surface area (Å²) in [5.74, 6) is -0.984. The van der Waals surface area contributed by atoms with E-state index in [4.69, 9.17) is 0 Å². The third kappa shape index (κ3) is 2.65. The van der Waals surface area contributed by atoms with Crippen LogP contribution in [0.3, 0.4) is 0 Å². The smallest absolute Gasteiger partial charge is 0.497 e. The van der Waals surface area contributed by atoms with Gasteiger partial charge in [0.25, 0.3) is 0 Å². The molecule has 0 aliphatic carbocycles. The van der Waals surface area contributed by atoms with Gasteiger partial charge in [-0.15, -0.1) is 0 Å². The maximum atomic E-state index is 11.9. The van der Waals surface area contributed by atoms with E-state index in [2.05, 4.69) is 31.3 Å². The van der Waals surface area contributed by atoms with Crippen molar-refractivity contribution >= 4 is 38.9 Å². The summed E-state index contributed by atoms with van der Waals surface area (Å²) < 4.78 is 1.02. The number of hydrogen-bond donors (Lipinski definition) is 1. The number of aromatic nitrogens is 3. The van der Waals surface area contributed by atoms with Gasteiger partial charge in [-0.05, 0) is 12.1 Å². The summed E-state index contributed by atoms with van der Waals surface area (Å²) in [6.07, 6.45) is 0.129. The monoisotopic (exact) mass is 328 g/mol. The average Bonchev–Trinajstić information content (AvgIpc) is 2.40. The lowest BCUT2D eigenvalue weighted by atomic mass is 10.3. The molecular formula is C10H9BrN4O4. The zero-order valence-electron chi connectivity index (χ0n) is 9.79. The number of rotatable bonds is 3. The topological polar surface area (TPSA) is 105 Å². The Morgan fingerprint density at radius 3 is 2.89 bits per heavy atom. The third-order valence-electron chi connectivity index (χ3n) is 2.29. The molecule has 0 radical (unpaired) electrons. The van der Waals surface area contributed by atoms with Gasteiger partial charge in [-0.2, -0.15) is 0 Å². The van der Waals surface area contributed by atoms with Crippen LogP contribution >= 0.6 is 15.9 Å². The highest BCUT2D eigenvalue weighted by molar-refractivity contribution is 9.10. The Morgan fingerprint density at radius 2 is 2.21 bits per heavy atom. The molecule has 100 valence electrons. The van der Waals surface area contributed by atoms with Gasteiger partial charge in [0, 0.05) is 21.8 Å². The highest BCUT2D eigenvalue weighted by Gasteiger charge is 2.21. The molecule has 9 heteroatoms. The van der Waals surface area contributed by atoms with E-state index in [1.54, 1.807) is 13.0 Å². The lowest BCUT2D eigenvalue weighted by Crippen LogP contribution is -2.44. The molecule has 0 aliphatic heterocycles. The quantitative estimate of drug-likeness (QED) is 0.501. The van der Waals surface area contributed by atoms with E-state index in [9.17, 15) is 15.2 Å². The molecule has 0 spiro atoms. The lowest BCUT2D eigenvalue weighted by molar-refractivity contribution is -0.672. The molecule has 0 saturated heterocycles. The molecule has 2 rings (SSSR count). The fraction of sp³-hybridized carbons (Fsp3) is 0.200. The Labute approximate surface area is 115 Å². The maximum absolute atomic E-state index is 11.9. The van der Waals surface area contributed by atoms with E-state index in [0.29, 0.717) is 9.20 Å². The molecule has 0 fully saturated rings. The Bertz CT molecular complexity index is 649. The van der Waals surface area contributed by atoms with Crippen LogP contribution in [0.2, 0.25) is 0 Å². The zero-order chi connectivity index (χ0) is 14.0. The summed E-state index contributed by atoms with van der Waals surface area (Å²) in [6, 6.07) is 4.53.